The SMILES string of the molecule is COc1ccc(C(=O)N2CCOCC2)cc1NCc1cccc(C(=O)O)c1. The summed E-state index contributed by atoms with van der Waals surface area (Å²) >= 11 is 0. The number of nitrogens with zero attached hydrogens (tertiary/aromatic N) is 1. The van der Waals surface area contributed by atoms with Gasteiger partial charge in [-0.3, -0.25) is 4.79 Å². The van der Waals surface area contributed by atoms with Gasteiger partial charge < -0.3 is 24.8 Å². The Kier molecular flexibility index (Phi) is 5.93. The molecule has 3 rings (SSSR count). The molecule has 0 aromatic heterocycles. The highest BCUT2D eigenvalue weighted by molar-refractivity contribution is 5.95. The summed E-state index contributed by atoms with van der Waals surface area (Å²) in [7, 11) is 1.56. The van der Waals surface area contributed by atoms with Gasteiger partial charge in [0.25, 0.3) is 5.91 Å². The first-order chi connectivity index (χ1) is 13.1. The van der Waals surface area contributed by atoms with E-state index in [4.69, 9.17) is 14.6 Å². The fourth-order valence-corrected chi connectivity index (χ4v) is 2.94. The van der Waals surface area contributed by atoms with E-state index in [1.54, 1.807) is 48.4 Å². The second-order valence-electron chi connectivity index (χ2n) is 6.18. The van der Waals surface area contributed by atoms with Crippen LogP contribution < -0.4 is 10.1 Å². The van der Waals surface area contributed by atoms with Crippen molar-refractivity contribution in [3.63, 3.8) is 0 Å². The van der Waals surface area contributed by atoms with Crippen molar-refractivity contribution in [1.29, 1.82) is 0 Å². The minimum atomic E-state index is -0.965. The molecular formula is C20H22N2O5. The molecule has 27 heavy (non-hydrogen) atoms. The second kappa shape index (κ2) is 8.55. The van der Waals surface area contributed by atoms with Crippen LogP contribution in [0.4, 0.5) is 5.69 Å². The third kappa shape index (κ3) is 4.57. The minimum absolute atomic E-state index is 0.0446. The Hall–Kier alpha value is -3.06. The number of carboxylic acids is 1. The van der Waals surface area contributed by atoms with Crippen LogP contribution in [0.5, 0.6) is 5.75 Å². The Morgan fingerprint density at radius 2 is 1.93 bits per heavy atom. The van der Waals surface area contributed by atoms with Crippen molar-refractivity contribution in [3.8, 4) is 5.75 Å². The zero-order valence-corrected chi connectivity index (χ0v) is 15.1. The van der Waals surface area contributed by atoms with Crippen molar-refractivity contribution in [2.24, 2.45) is 0 Å². The van der Waals surface area contributed by atoms with Gasteiger partial charge in [-0.05, 0) is 35.9 Å². The average molecular weight is 370 g/mol. The molecule has 2 aromatic rings. The predicted molar refractivity (Wildman–Crippen MR) is 100 cm³/mol. The zero-order valence-electron chi connectivity index (χ0n) is 15.1. The summed E-state index contributed by atoms with van der Waals surface area (Å²) in [4.78, 5) is 25.6. The van der Waals surface area contributed by atoms with Gasteiger partial charge in [-0.15, -0.1) is 0 Å². The van der Waals surface area contributed by atoms with Gasteiger partial charge in [0.2, 0.25) is 0 Å². The number of benzene rings is 2. The fraction of sp³-hybridized carbons (Fsp3) is 0.300. The third-order valence-corrected chi connectivity index (χ3v) is 4.40. The standard InChI is InChI=1S/C20H22N2O5/c1-26-18-6-5-15(19(23)22-7-9-27-10-8-22)12-17(18)21-13-14-3-2-4-16(11-14)20(24)25/h2-6,11-12,21H,7-10,13H2,1H3,(H,24,25). The van der Waals surface area contributed by atoms with E-state index in [1.807, 2.05) is 6.07 Å². The van der Waals surface area contributed by atoms with Crippen molar-refractivity contribution in [3.05, 3.63) is 59.2 Å². The van der Waals surface area contributed by atoms with Crippen LogP contribution in [0.25, 0.3) is 0 Å². The first kappa shape index (κ1) is 18.7. The highest BCUT2D eigenvalue weighted by Crippen LogP contribution is 2.27. The van der Waals surface area contributed by atoms with Crippen LogP contribution in [0, 0.1) is 0 Å². The molecule has 142 valence electrons. The summed E-state index contributed by atoms with van der Waals surface area (Å²) in [6, 6.07) is 12.0. The Morgan fingerprint density at radius 3 is 2.63 bits per heavy atom. The third-order valence-electron chi connectivity index (χ3n) is 4.40. The molecule has 2 N–H and O–H groups in total. The normalized spacial score (nSPS) is 13.9. The maximum Gasteiger partial charge on any atom is 0.335 e. The molecule has 0 saturated carbocycles. The molecular weight excluding hydrogens is 348 g/mol. The van der Waals surface area contributed by atoms with Crippen molar-refractivity contribution in [2.75, 3.05) is 38.7 Å². The molecule has 0 bridgehead atoms. The fourth-order valence-electron chi connectivity index (χ4n) is 2.94. The van der Waals surface area contributed by atoms with Gasteiger partial charge in [-0.25, -0.2) is 4.79 Å². The molecule has 0 spiro atoms. The molecule has 1 aliphatic heterocycles. The van der Waals surface area contributed by atoms with Gasteiger partial charge in [-0.2, -0.15) is 0 Å². The van der Waals surface area contributed by atoms with Crippen LogP contribution in [-0.4, -0.2) is 55.3 Å². The molecule has 1 saturated heterocycles. The summed E-state index contributed by atoms with van der Waals surface area (Å²) in [5.74, 6) is -0.396. The van der Waals surface area contributed by atoms with E-state index in [0.717, 1.165) is 5.56 Å². The Bertz CT molecular complexity index is 831. The number of carboxylic acid groups (broad SMARTS) is 1. The van der Waals surface area contributed by atoms with E-state index < -0.39 is 5.97 Å². The van der Waals surface area contributed by atoms with Crippen molar-refractivity contribution < 1.29 is 24.2 Å². The molecule has 7 nitrogen and oxygen atoms in total. The number of hydrogen-bond donors (Lipinski definition) is 2. The molecule has 1 heterocycles. The molecule has 1 amide bonds. The van der Waals surface area contributed by atoms with Gasteiger partial charge in [-0.1, -0.05) is 12.1 Å². The van der Waals surface area contributed by atoms with Gasteiger partial charge in [0, 0.05) is 25.2 Å². The molecule has 2 aromatic carbocycles. The van der Waals surface area contributed by atoms with Gasteiger partial charge in [0.05, 0.1) is 31.6 Å². The first-order valence-corrected chi connectivity index (χ1v) is 8.69. The Balaban J connectivity index is 1.76. The molecule has 7 heteroatoms. The number of amides is 1. The molecule has 0 atom stereocenters. The topological polar surface area (TPSA) is 88.1 Å². The lowest BCUT2D eigenvalue weighted by Crippen LogP contribution is -2.40. The predicted octanol–water partition coefficient (Wildman–Crippen LogP) is 2.48. The summed E-state index contributed by atoms with van der Waals surface area (Å²) in [5, 5.41) is 12.3. The van der Waals surface area contributed by atoms with Crippen molar-refractivity contribution in [2.45, 2.75) is 6.54 Å². The van der Waals surface area contributed by atoms with Gasteiger partial charge >= 0.3 is 5.97 Å². The largest absolute Gasteiger partial charge is 0.495 e. The first-order valence-electron chi connectivity index (χ1n) is 8.69. The average Bonchev–Trinajstić information content (AvgIpc) is 2.72. The smallest absolute Gasteiger partial charge is 0.335 e. The number of rotatable bonds is 6. The van der Waals surface area contributed by atoms with Crippen LogP contribution in [0.1, 0.15) is 26.3 Å². The van der Waals surface area contributed by atoms with Gasteiger partial charge in [0.1, 0.15) is 5.75 Å². The molecule has 0 aliphatic carbocycles. The monoisotopic (exact) mass is 370 g/mol. The number of aromatic carboxylic acids is 1. The lowest BCUT2D eigenvalue weighted by Gasteiger charge is -2.27. The van der Waals surface area contributed by atoms with E-state index in [9.17, 15) is 9.59 Å². The van der Waals surface area contributed by atoms with Crippen LogP contribution in [-0.2, 0) is 11.3 Å². The summed E-state index contributed by atoms with van der Waals surface area (Å²) < 4.78 is 10.7. The summed E-state index contributed by atoms with van der Waals surface area (Å²) in [6.45, 7) is 2.66. The molecule has 1 fully saturated rings. The van der Waals surface area contributed by atoms with Crippen LogP contribution in [0.3, 0.4) is 0 Å². The summed E-state index contributed by atoms with van der Waals surface area (Å²) in [5.41, 5.74) is 2.30. The van der Waals surface area contributed by atoms with Crippen LogP contribution in [0.2, 0.25) is 0 Å². The van der Waals surface area contributed by atoms with Crippen molar-refractivity contribution in [1.82, 2.24) is 4.90 Å². The Labute approximate surface area is 157 Å². The number of anilines is 1. The van der Waals surface area contributed by atoms with E-state index in [-0.39, 0.29) is 11.5 Å². The second-order valence-corrected chi connectivity index (χ2v) is 6.18. The number of ether oxygens (including phenoxy) is 2. The quantitative estimate of drug-likeness (QED) is 0.812. The van der Waals surface area contributed by atoms with Gasteiger partial charge in [0.15, 0.2) is 0 Å². The maximum absolute atomic E-state index is 12.7. The number of nitrogens with one attached hydrogen (secondary N) is 1. The molecule has 0 radical (unpaired) electrons. The highest BCUT2D eigenvalue weighted by atomic mass is 16.5. The lowest BCUT2D eigenvalue weighted by molar-refractivity contribution is 0.0303. The van der Waals surface area contributed by atoms with E-state index in [2.05, 4.69) is 5.32 Å². The Morgan fingerprint density at radius 1 is 1.15 bits per heavy atom. The number of carbonyl (C=O) groups is 2. The summed E-state index contributed by atoms with van der Waals surface area (Å²) in [6.07, 6.45) is 0. The van der Waals surface area contributed by atoms with Crippen LogP contribution >= 0.6 is 0 Å². The molecule has 0 unspecified atom stereocenters. The highest BCUT2D eigenvalue weighted by Gasteiger charge is 2.19. The minimum Gasteiger partial charge on any atom is -0.495 e. The number of morpholine rings is 1. The number of hydrogen-bond acceptors (Lipinski definition) is 5. The lowest BCUT2D eigenvalue weighted by atomic mass is 10.1. The van der Waals surface area contributed by atoms with E-state index in [0.29, 0.717) is 49.8 Å². The number of carbonyl (C=O) groups excluding carboxylic acids is 1. The van der Waals surface area contributed by atoms with E-state index >= 15 is 0 Å². The van der Waals surface area contributed by atoms with Crippen LogP contribution in [0.15, 0.2) is 42.5 Å². The zero-order chi connectivity index (χ0) is 19.2. The van der Waals surface area contributed by atoms with E-state index in [1.165, 1.54) is 0 Å². The van der Waals surface area contributed by atoms with Crippen molar-refractivity contribution >= 4 is 17.6 Å². The maximum atomic E-state index is 12.7. The number of methoxy groups -OCH3 is 1. The molecule has 1 aliphatic rings.